The molecule has 0 radical (unpaired) electrons. The molecule has 8 heteroatoms. The van der Waals surface area contributed by atoms with Crippen LogP contribution in [0.4, 0.5) is 0 Å². The first-order valence-electron chi connectivity index (χ1n) is 5.61. The zero-order chi connectivity index (χ0) is 16.9. The molecule has 0 saturated carbocycles. The van der Waals surface area contributed by atoms with Crippen molar-refractivity contribution in [2.45, 2.75) is 0 Å². The lowest BCUT2D eigenvalue weighted by Gasteiger charge is -2.05. The molecule has 22 heavy (non-hydrogen) atoms. The van der Waals surface area contributed by atoms with Crippen molar-refractivity contribution in [1.29, 1.82) is 10.5 Å². The fourth-order valence-corrected chi connectivity index (χ4v) is 2.08. The van der Waals surface area contributed by atoms with Gasteiger partial charge in [-0.2, -0.15) is 10.5 Å². The molecule has 0 aliphatic carbocycles. The summed E-state index contributed by atoms with van der Waals surface area (Å²) in [6, 6.07) is 3.54. The number of rotatable bonds is 2. The Morgan fingerprint density at radius 2 is 1.23 bits per heavy atom. The number of ether oxygens (including phenoxy) is 2. The number of carbonyl (C=O) groups excluding carboxylic acids is 2. The first kappa shape index (κ1) is 17.5. The maximum Gasteiger partial charge on any atom is 0.331 e. The van der Waals surface area contributed by atoms with Gasteiger partial charge in [-0.1, -0.05) is 23.2 Å². The molecule has 0 saturated heterocycles. The minimum absolute atomic E-state index is 0.0559. The van der Waals surface area contributed by atoms with Gasteiger partial charge < -0.3 is 9.47 Å². The number of esters is 2. The normalized spacial score (nSPS) is 11.5. The first-order valence-corrected chi connectivity index (χ1v) is 6.37. The summed E-state index contributed by atoms with van der Waals surface area (Å²) in [6.45, 7) is 0. The molecular formula is C14H8Cl2N2O4. The van der Waals surface area contributed by atoms with E-state index in [0.717, 1.165) is 26.4 Å². The van der Waals surface area contributed by atoms with Crippen LogP contribution >= 0.6 is 23.2 Å². The number of nitriles is 2. The molecule has 0 unspecified atom stereocenters. The molecular weight excluding hydrogens is 331 g/mol. The van der Waals surface area contributed by atoms with E-state index in [4.69, 9.17) is 23.2 Å². The van der Waals surface area contributed by atoms with Crippen LogP contribution in [0.1, 0.15) is 11.1 Å². The van der Waals surface area contributed by atoms with E-state index in [0.29, 0.717) is 0 Å². The highest BCUT2D eigenvalue weighted by atomic mass is 35.5. The Balaban J connectivity index is 4.04. The number of hydrogen-bond acceptors (Lipinski definition) is 6. The monoisotopic (exact) mass is 338 g/mol. The summed E-state index contributed by atoms with van der Waals surface area (Å²) in [4.78, 5) is 22.7. The van der Waals surface area contributed by atoms with E-state index >= 15 is 0 Å². The number of benzene rings is 1. The lowest BCUT2D eigenvalue weighted by molar-refractivity contribution is -0.134. The molecule has 0 aromatic heterocycles. The molecule has 0 aliphatic heterocycles. The van der Waals surface area contributed by atoms with E-state index < -0.39 is 11.9 Å². The van der Waals surface area contributed by atoms with Crippen LogP contribution in [0.25, 0.3) is 12.2 Å². The molecule has 0 bridgehead atoms. The summed E-state index contributed by atoms with van der Waals surface area (Å²) < 4.78 is 8.93. The fraction of sp³-hybridized carbons (Fsp3) is 0.143. The molecule has 1 aromatic carbocycles. The largest absolute Gasteiger partial charge is 0.466 e. The lowest BCUT2D eigenvalue weighted by Crippen LogP contribution is -2.24. The van der Waals surface area contributed by atoms with Crippen LogP contribution in [0.5, 0.6) is 0 Å². The predicted molar refractivity (Wildman–Crippen MR) is 78.1 cm³/mol. The van der Waals surface area contributed by atoms with Crippen molar-refractivity contribution in [2.75, 3.05) is 14.2 Å². The van der Waals surface area contributed by atoms with Crippen LogP contribution in [-0.2, 0) is 19.1 Å². The Morgan fingerprint density at radius 3 is 1.45 bits per heavy atom. The van der Waals surface area contributed by atoms with Crippen molar-refractivity contribution in [1.82, 2.24) is 0 Å². The van der Waals surface area contributed by atoms with Gasteiger partial charge in [-0.3, -0.25) is 0 Å². The van der Waals surface area contributed by atoms with Gasteiger partial charge >= 0.3 is 11.9 Å². The van der Waals surface area contributed by atoms with Crippen LogP contribution in [0, 0.1) is 22.7 Å². The van der Waals surface area contributed by atoms with Gasteiger partial charge in [0.05, 0.1) is 35.4 Å². The number of halogens is 2. The Kier molecular flexibility index (Phi) is 5.94. The van der Waals surface area contributed by atoms with Crippen molar-refractivity contribution in [3.05, 3.63) is 31.6 Å². The summed E-state index contributed by atoms with van der Waals surface area (Å²) in [5, 5.41) is 18.1. The number of methoxy groups -OCH3 is 2. The van der Waals surface area contributed by atoms with Gasteiger partial charge in [0.25, 0.3) is 0 Å². The predicted octanol–water partition coefficient (Wildman–Crippen LogP) is 0.644. The van der Waals surface area contributed by atoms with E-state index in [1.807, 2.05) is 0 Å². The lowest BCUT2D eigenvalue weighted by atomic mass is 10.0. The quantitative estimate of drug-likeness (QED) is 0.733. The number of hydrogen-bond donors (Lipinski definition) is 0. The van der Waals surface area contributed by atoms with Crippen LogP contribution in [0.3, 0.4) is 0 Å². The smallest absolute Gasteiger partial charge is 0.331 e. The zero-order valence-electron chi connectivity index (χ0n) is 11.4. The third-order valence-electron chi connectivity index (χ3n) is 2.60. The van der Waals surface area contributed by atoms with E-state index in [2.05, 4.69) is 9.47 Å². The van der Waals surface area contributed by atoms with E-state index in [1.165, 1.54) is 0 Å². The fourth-order valence-electron chi connectivity index (χ4n) is 1.58. The van der Waals surface area contributed by atoms with E-state index in [9.17, 15) is 20.1 Å². The molecule has 0 atom stereocenters. The third-order valence-corrected chi connectivity index (χ3v) is 3.49. The molecule has 0 aliphatic rings. The Hall–Kier alpha value is -2.54. The summed E-state index contributed by atoms with van der Waals surface area (Å²) in [5.41, 5.74) is -0.394. The van der Waals surface area contributed by atoms with Crippen LogP contribution in [0.2, 0.25) is 10.0 Å². The average molecular weight is 339 g/mol. The zero-order valence-corrected chi connectivity index (χ0v) is 12.9. The second-order valence-corrected chi connectivity index (χ2v) is 4.52. The minimum Gasteiger partial charge on any atom is -0.466 e. The summed E-state index contributed by atoms with van der Waals surface area (Å²) in [6.07, 6.45) is 1.88. The van der Waals surface area contributed by atoms with E-state index in [1.54, 1.807) is 12.1 Å². The summed E-state index contributed by atoms with van der Waals surface area (Å²) in [7, 11) is 2.29. The van der Waals surface area contributed by atoms with Crippen LogP contribution in [-0.4, -0.2) is 26.2 Å². The van der Waals surface area contributed by atoms with Crippen LogP contribution in [0.15, 0.2) is 0 Å². The molecule has 112 valence electrons. The van der Waals surface area contributed by atoms with Gasteiger partial charge in [0.15, 0.2) is 0 Å². The van der Waals surface area contributed by atoms with Crippen molar-refractivity contribution in [3.8, 4) is 12.1 Å². The Morgan fingerprint density at radius 1 is 0.909 bits per heavy atom. The third kappa shape index (κ3) is 3.37. The minimum atomic E-state index is -0.775. The maximum absolute atomic E-state index is 11.4. The second-order valence-electron chi connectivity index (χ2n) is 3.76. The highest BCUT2D eigenvalue weighted by molar-refractivity contribution is 6.42. The molecule has 0 amide bonds. The molecule has 0 fully saturated rings. The van der Waals surface area contributed by atoms with E-state index in [-0.39, 0.29) is 31.6 Å². The van der Waals surface area contributed by atoms with Gasteiger partial charge in [0.1, 0.15) is 12.1 Å². The van der Waals surface area contributed by atoms with Gasteiger partial charge in [0, 0.05) is 22.6 Å². The molecule has 1 aromatic rings. The number of carbonyl (C=O) groups is 2. The first-order chi connectivity index (χ1) is 10.4. The van der Waals surface area contributed by atoms with Crippen molar-refractivity contribution in [3.63, 3.8) is 0 Å². The molecule has 0 N–H and O–H groups in total. The van der Waals surface area contributed by atoms with Crippen molar-refractivity contribution in [2.24, 2.45) is 0 Å². The molecule has 1 rings (SSSR count). The Bertz CT molecular complexity index is 777. The van der Waals surface area contributed by atoms with Gasteiger partial charge in [-0.15, -0.1) is 0 Å². The van der Waals surface area contributed by atoms with Gasteiger partial charge in [0.2, 0.25) is 0 Å². The summed E-state index contributed by atoms with van der Waals surface area (Å²) in [5.74, 6) is -1.55. The van der Waals surface area contributed by atoms with Gasteiger partial charge in [-0.05, 0) is 0 Å². The maximum atomic E-state index is 11.4. The average Bonchev–Trinajstić information content (AvgIpc) is 2.53. The number of nitrogens with zero attached hydrogens (tertiary/aromatic N) is 2. The SMILES string of the molecule is COC(=O)/C=c1\c(Cl)c(Cl)/c(=C/C(=O)OC)c(C#N)c1C#N. The highest BCUT2D eigenvalue weighted by Crippen LogP contribution is 2.16. The Labute approximate surface area is 135 Å². The summed E-state index contributed by atoms with van der Waals surface area (Å²) >= 11 is 12.1. The molecule has 0 spiro atoms. The van der Waals surface area contributed by atoms with Gasteiger partial charge in [-0.25, -0.2) is 9.59 Å². The molecule has 0 heterocycles. The van der Waals surface area contributed by atoms with Crippen molar-refractivity contribution < 1.29 is 19.1 Å². The standard InChI is InChI=1S/C14H8Cl2N2O4/c1-21-11(19)3-7-9(5-17)10(6-18)8(4-12(20)22-2)14(16)13(7)15/h3-4H,1-2H3/b7-3-,8-4+. The second kappa shape index (κ2) is 7.46. The topological polar surface area (TPSA) is 100 Å². The highest BCUT2D eigenvalue weighted by Gasteiger charge is 2.16. The van der Waals surface area contributed by atoms with Crippen molar-refractivity contribution >= 4 is 47.3 Å². The molecule has 6 nitrogen and oxygen atoms in total. The van der Waals surface area contributed by atoms with Crippen LogP contribution < -0.4 is 10.4 Å².